The van der Waals surface area contributed by atoms with Gasteiger partial charge in [-0.3, -0.25) is 4.79 Å². The maximum atomic E-state index is 12.0. The molecule has 0 bridgehead atoms. The lowest BCUT2D eigenvalue weighted by Gasteiger charge is -2.23. The van der Waals surface area contributed by atoms with Gasteiger partial charge in [0.25, 0.3) is 0 Å². The summed E-state index contributed by atoms with van der Waals surface area (Å²) in [6.07, 6.45) is 2.17. The molecular formula is C8H14BF3NO-. The molecule has 0 aromatic heterocycles. The summed E-state index contributed by atoms with van der Waals surface area (Å²) in [6.45, 7) is -4.41. The molecule has 1 heterocycles. The van der Waals surface area contributed by atoms with E-state index in [0.29, 0.717) is 13.0 Å². The van der Waals surface area contributed by atoms with Crippen molar-refractivity contribution in [2.45, 2.75) is 32.0 Å². The van der Waals surface area contributed by atoms with Crippen LogP contribution in [0.3, 0.4) is 0 Å². The van der Waals surface area contributed by atoms with Gasteiger partial charge in [0.05, 0.1) is 0 Å². The van der Waals surface area contributed by atoms with Crippen LogP contribution in [-0.4, -0.2) is 30.9 Å². The van der Waals surface area contributed by atoms with E-state index in [2.05, 4.69) is 0 Å². The van der Waals surface area contributed by atoms with Gasteiger partial charge in [0.15, 0.2) is 0 Å². The number of amides is 1. The number of carbonyl (C=O) groups excluding carboxylic acids is 1. The van der Waals surface area contributed by atoms with E-state index in [0.717, 1.165) is 19.3 Å². The van der Waals surface area contributed by atoms with Crippen LogP contribution in [0.1, 0.15) is 25.7 Å². The number of hydrogen-bond acceptors (Lipinski definition) is 1. The fourth-order valence-electron chi connectivity index (χ4n) is 1.58. The van der Waals surface area contributed by atoms with Gasteiger partial charge < -0.3 is 17.8 Å². The third-order valence-corrected chi connectivity index (χ3v) is 2.40. The summed E-state index contributed by atoms with van der Waals surface area (Å²) in [4.78, 5) is 12.6. The third-order valence-electron chi connectivity index (χ3n) is 2.40. The second kappa shape index (κ2) is 4.71. The van der Waals surface area contributed by atoms with Crippen LogP contribution in [0.4, 0.5) is 12.9 Å². The standard InChI is InChI=1S/C8H14BF3NO/c10-9(11,12)5-7-13-6-3-1-2-4-8(13)14/h1-7H2/q-1. The Labute approximate surface area is 81.5 Å². The summed E-state index contributed by atoms with van der Waals surface area (Å²) >= 11 is 0. The van der Waals surface area contributed by atoms with E-state index in [-0.39, 0.29) is 12.5 Å². The molecule has 0 spiro atoms. The van der Waals surface area contributed by atoms with Crippen molar-refractivity contribution in [3.05, 3.63) is 0 Å². The van der Waals surface area contributed by atoms with Crippen LogP contribution in [0.15, 0.2) is 0 Å². The Morgan fingerprint density at radius 2 is 1.93 bits per heavy atom. The summed E-state index contributed by atoms with van der Waals surface area (Å²) in [7, 11) is 0. The van der Waals surface area contributed by atoms with Crippen LogP contribution in [0.2, 0.25) is 6.32 Å². The molecule has 2 nitrogen and oxygen atoms in total. The fourth-order valence-corrected chi connectivity index (χ4v) is 1.58. The highest BCUT2D eigenvalue weighted by molar-refractivity contribution is 6.58. The SMILES string of the molecule is O=C1CCCCCN1CC[B-](F)(F)F. The Kier molecular flexibility index (Phi) is 3.83. The normalized spacial score (nSPS) is 19.6. The first-order valence-corrected chi connectivity index (χ1v) is 4.98. The van der Waals surface area contributed by atoms with Crippen LogP contribution in [0.5, 0.6) is 0 Å². The molecule has 0 saturated carbocycles. The van der Waals surface area contributed by atoms with E-state index < -0.39 is 13.3 Å². The average Bonchev–Trinajstić information content (AvgIpc) is 2.25. The minimum Gasteiger partial charge on any atom is -0.449 e. The molecule has 1 aliphatic rings. The fraction of sp³-hybridized carbons (Fsp3) is 0.875. The summed E-state index contributed by atoms with van der Waals surface area (Å²) in [6, 6.07) is 0. The zero-order valence-corrected chi connectivity index (χ0v) is 8.02. The average molecular weight is 208 g/mol. The van der Waals surface area contributed by atoms with E-state index in [4.69, 9.17) is 0 Å². The molecule has 14 heavy (non-hydrogen) atoms. The Balaban J connectivity index is 2.37. The maximum absolute atomic E-state index is 12.0. The van der Waals surface area contributed by atoms with Crippen LogP contribution in [-0.2, 0) is 4.79 Å². The summed E-state index contributed by atoms with van der Waals surface area (Å²) in [5, 5.41) is 0. The van der Waals surface area contributed by atoms with Gasteiger partial charge in [0, 0.05) is 13.0 Å². The molecule has 0 atom stereocenters. The smallest absolute Gasteiger partial charge is 0.449 e. The first kappa shape index (κ1) is 11.4. The Morgan fingerprint density at radius 1 is 1.21 bits per heavy atom. The molecule has 1 fully saturated rings. The molecule has 82 valence electrons. The molecule has 0 aliphatic carbocycles. The van der Waals surface area contributed by atoms with E-state index >= 15 is 0 Å². The second-order valence-corrected chi connectivity index (χ2v) is 3.69. The van der Waals surface area contributed by atoms with Crippen molar-refractivity contribution >= 4 is 12.9 Å². The molecule has 0 unspecified atom stereocenters. The van der Waals surface area contributed by atoms with Crippen molar-refractivity contribution in [3.63, 3.8) is 0 Å². The third kappa shape index (κ3) is 4.02. The van der Waals surface area contributed by atoms with Crippen molar-refractivity contribution in [3.8, 4) is 0 Å². The van der Waals surface area contributed by atoms with Gasteiger partial charge in [-0.25, -0.2) is 0 Å². The van der Waals surface area contributed by atoms with Gasteiger partial charge >= 0.3 is 6.98 Å². The molecule has 1 rings (SSSR count). The van der Waals surface area contributed by atoms with E-state index in [1.54, 1.807) is 0 Å². The molecule has 0 aromatic rings. The van der Waals surface area contributed by atoms with Crippen molar-refractivity contribution in [2.75, 3.05) is 13.1 Å². The minimum atomic E-state index is -4.75. The van der Waals surface area contributed by atoms with Crippen molar-refractivity contribution < 1.29 is 17.7 Å². The largest absolute Gasteiger partial charge is 0.480 e. The van der Waals surface area contributed by atoms with Gasteiger partial charge in [-0.15, -0.1) is 0 Å². The zero-order chi connectivity index (χ0) is 10.6. The Hall–Kier alpha value is -0.675. The quantitative estimate of drug-likeness (QED) is 0.651. The highest BCUT2D eigenvalue weighted by atomic mass is 19.4. The first-order valence-electron chi connectivity index (χ1n) is 4.98. The van der Waals surface area contributed by atoms with E-state index in [1.165, 1.54) is 4.90 Å². The molecule has 0 radical (unpaired) electrons. The Bertz CT molecular complexity index is 207. The van der Waals surface area contributed by atoms with Gasteiger partial charge in [-0.05, 0) is 19.4 Å². The number of hydrogen-bond donors (Lipinski definition) is 0. The number of likely N-dealkylation sites (tertiary alicyclic amines) is 1. The lowest BCUT2D eigenvalue weighted by Crippen LogP contribution is -2.34. The molecular weight excluding hydrogens is 194 g/mol. The van der Waals surface area contributed by atoms with Gasteiger partial charge in [-0.2, -0.15) is 0 Å². The molecule has 1 aliphatic heterocycles. The van der Waals surface area contributed by atoms with Crippen LogP contribution < -0.4 is 0 Å². The number of carbonyl (C=O) groups is 1. The molecule has 1 saturated heterocycles. The second-order valence-electron chi connectivity index (χ2n) is 3.69. The Morgan fingerprint density at radius 3 is 2.57 bits per heavy atom. The number of nitrogens with zero attached hydrogens (tertiary/aromatic N) is 1. The highest BCUT2D eigenvalue weighted by Gasteiger charge is 2.25. The van der Waals surface area contributed by atoms with Crippen LogP contribution in [0, 0.1) is 0 Å². The monoisotopic (exact) mass is 208 g/mol. The summed E-state index contributed by atoms with van der Waals surface area (Å²) in [5.74, 6) is -0.123. The van der Waals surface area contributed by atoms with E-state index in [1.807, 2.05) is 0 Å². The zero-order valence-electron chi connectivity index (χ0n) is 8.02. The predicted octanol–water partition coefficient (Wildman–Crippen LogP) is 2.24. The van der Waals surface area contributed by atoms with Crippen molar-refractivity contribution in [1.29, 1.82) is 0 Å². The maximum Gasteiger partial charge on any atom is 0.480 e. The lowest BCUT2D eigenvalue weighted by molar-refractivity contribution is -0.130. The van der Waals surface area contributed by atoms with Gasteiger partial charge in [-0.1, -0.05) is 12.7 Å². The molecule has 0 N–H and O–H groups in total. The lowest BCUT2D eigenvalue weighted by atomic mass is 9.86. The highest BCUT2D eigenvalue weighted by Crippen LogP contribution is 2.17. The van der Waals surface area contributed by atoms with Gasteiger partial charge in [0.1, 0.15) is 0 Å². The van der Waals surface area contributed by atoms with Crippen LogP contribution in [0.25, 0.3) is 0 Å². The predicted molar refractivity (Wildman–Crippen MR) is 48.9 cm³/mol. The number of halogens is 3. The summed E-state index contributed by atoms with van der Waals surface area (Å²) < 4.78 is 35.9. The molecule has 0 aromatic carbocycles. The number of rotatable bonds is 3. The molecule has 1 amide bonds. The van der Waals surface area contributed by atoms with Gasteiger partial charge in [0.2, 0.25) is 5.91 Å². The minimum absolute atomic E-state index is 0.123. The van der Waals surface area contributed by atoms with Crippen molar-refractivity contribution in [1.82, 2.24) is 4.90 Å². The topological polar surface area (TPSA) is 20.3 Å². The molecule has 6 heteroatoms. The summed E-state index contributed by atoms with van der Waals surface area (Å²) in [5.41, 5.74) is 0. The van der Waals surface area contributed by atoms with Crippen LogP contribution >= 0.6 is 0 Å². The van der Waals surface area contributed by atoms with Crippen molar-refractivity contribution in [2.24, 2.45) is 0 Å². The first-order chi connectivity index (χ1) is 6.49. The van der Waals surface area contributed by atoms with E-state index in [9.17, 15) is 17.7 Å².